The molecule has 0 saturated heterocycles. The van der Waals surface area contributed by atoms with E-state index in [9.17, 15) is 22.8 Å². The number of anilines is 1. The van der Waals surface area contributed by atoms with E-state index in [0.717, 1.165) is 5.56 Å². The highest BCUT2D eigenvalue weighted by molar-refractivity contribution is 5.96. The number of nitrogens with one attached hydrogen (secondary N) is 1. The molecule has 0 aromatic heterocycles. The fourth-order valence-corrected chi connectivity index (χ4v) is 2.46. The molecule has 0 spiro atoms. The maximum atomic E-state index is 12.4. The number of ketones is 1. The van der Waals surface area contributed by atoms with E-state index in [0.29, 0.717) is 17.8 Å². The highest BCUT2D eigenvalue weighted by atomic mass is 19.4. The van der Waals surface area contributed by atoms with Crippen molar-refractivity contribution in [2.45, 2.75) is 32.8 Å². The van der Waals surface area contributed by atoms with Crippen molar-refractivity contribution in [1.82, 2.24) is 4.90 Å². The molecule has 2 aromatic carbocycles. The standard InChI is InChI=1S/C20H21F3N2O3/c1-13(19(27)24-17-8-6-16(7-9-17)14(2)26)25(3)12-15-4-10-18(11-5-15)28-20(21,22)23/h4-11,13H,12H2,1-3H3,(H,24,27). The van der Waals surface area contributed by atoms with Gasteiger partial charge in [-0.3, -0.25) is 14.5 Å². The number of carbonyl (C=O) groups is 2. The molecule has 2 aromatic rings. The Bertz CT molecular complexity index is 818. The summed E-state index contributed by atoms with van der Waals surface area (Å²) >= 11 is 0. The van der Waals surface area contributed by atoms with Gasteiger partial charge in [-0.2, -0.15) is 0 Å². The monoisotopic (exact) mass is 394 g/mol. The van der Waals surface area contributed by atoms with Crippen molar-refractivity contribution < 1.29 is 27.5 Å². The van der Waals surface area contributed by atoms with Crippen LogP contribution >= 0.6 is 0 Å². The minimum absolute atomic E-state index is 0.0577. The second-order valence-electron chi connectivity index (χ2n) is 6.41. The van der Waals surface area contributed by atoms with Crippen LogP contribution in [0.15, 0.2) is 48.5 Å². The molecule has 1 unspecified atom stereocenters. The molecular formula is C20H21F3N2O3. The quantitative estimate of drug-likeness (QED) is 0.714. The molecule has 0 bridgehead atoms. The first-order valence-electron chi connectivity index (χ1n) is 8.52. The molecule has 8 heteroatoms. The van der Waals surface area contributed by atoms with Crippen molar-refractivity contribution in [3.63, 3.8) is 0 Å². The van der Waals surface area contributed by atoms with E-state index in [-0.39, 0.29) is 17.4 Å². The molecule has 2 rings (SSSR count). The average Bonchev–Trinajstić information content (AvgIpc) is 2.61. The molecule has 5 nitrogen and oxygen atoms in total. The second-order valence-corrected chi connectivity index (χ2v) is 6.41. The maximum absolute atomic E-state index is 12.4. The fraction of sp³-hybridized carbons (Fsp3) is 0.300. The summed E-state index contributed by atoms with van der Waals surface area (Å²) in [6, 6.07) is 11.6. The lowest BCUT2D eigenvalue weighted by Crippen LogP contribution is -2.39. The number of likely N-dealkylation sites (N-methyl/N-ethyl adjacent to an activating group) is 1. The predicted octanol–water partition coefficient (Wildman–Crippen LogP) is 4.25. The lowest BCUT2D eigenvalue weighted by Gasteiger charge is -2.24. The van der Waals surface area contributed by atoms with E-state index >= 15 is 0 Å². The van der Waals surface area contributed by atoms with E-state index < -0.39 is 12.4 Å². The van der Waals surface area contributed by atoms with Gasteiger partial charge in [0.2, 0.25) is 5.91 Å². The first kappa shape index (κ1) is 21.4. The Balaban J connectivity index is 1.93. The highest BCUT2D eigenvalue weighted by Crippen LogP contribution is 2.23. The number of amides is 1. The number of carbonyl (C=O) groups excluding carboxylic acids is 2. The third-order valence-electron chi connectivity index (χ3n) is 4.19. The lowest BCUT2D eigenvalue weighted by atomic mass is 10.1. The van der Waals surface area contributed by atoms with Crippen LogP contribution in [0, 0.1) is 0 Å². The van der Waals surface area contributed by atoms with Gasteiger partial charge < -0.3 is 10.1 Å². The molecule has 0 fully saturated rings. The van der Waals surface area contributed by atoms with Gasteiger partial charge in [0.05, 0.1) is 6.04 Å². The van der Waals surface area contributed by atoms with Crippen LogP contribution in [0.3, 0.4) is 0 Å². The molecule has 1 atom stereocenters. The zero-order valence-corrected chi connectivity index (χ0v) is 15.7. The average molecular weight is 394 g/mol. The van der Waals surface area contributed by atoms with Crippen molar-refractivity contribution in [2.24, 2.45) is 0 Å². The summed E-state index contributed by atoms with van der Waals surface area (Å²) in [5, 5.41) is 2.77. The maximum Gasteiger partial charge on any atom is 0.573 e. The molecule has 150 valence electrons. The zero-order chi connectivity index (χ0) is 20.9. The van der Waals surface area contributed by atoms with Gasteiger partial charge in [0.15, 0.2) is 5.78 Å². The largest absolute Gasteiger partial charge is 0.573 e. The fourth-order valence-electron chi connectivity index (χ4n) is 2.46. The molecule has 0 heterocycles. The lowest BCUT2D eigenvalue weighted by molar-refractivity contribution is -0.274. The molecule has 0 aliphatic carbocycles. The van der Waals surface area contributed by atoms with Crippen LogP contribution in [0.5, 0.6) is 5.75 Å². The Morgan fingerprint density at radius 3 is 2.14 bits per heavy atom. The normalized spacial score (nSPS) is 12.5. The third kappa shape index (κ3) is 6.38. The van der Waals surface area contributed by atoms with Crippen LogP contribution in [0.1, 0.15) is 29.8 Å². The van der Waals surface area contributed by atoms with Crippen molar-refractivity contribution >= 4 is 17.4 Å². The van der Waals surface area contributed by atoms with Gasteiger partial charge >= 0.3 is 6.36 Å². The Morgan fingerprint density at radius 1 is 1.07 bits per heavy atom. The van der Waals surface area contributed by atoms with Crippen LogP contribution in [0.2, 0.25) is 0 Å². The van der Waals surface area contributed by atoms with Gasteiger partial charge in [-0.25, -0.2) is 0 Å². The first-order chi connectivity index (χ1) is 13.0. The number of halogens is 3. The van der Waals surface area contributed by atoms with Crippen molar-refractivity contribution in [3.8, 4) is 5.75 Å². The SMILES string of the molecule is CC(=O)c1ccc(NC(=O)C(C)N(C)Cc2ccc(OC(F)(F)F)cc2)cc1. The van der Waals surface area contributed by atoms with Crippen molar-refractivity contribution in [3.05, 3.63) is 59.7 Å². The summed E-state index contributed by atoms with van der Waals surface area (Å²) in [7, 11) is 1.74. The van der Waals surface area contributed by atoms with E-state index in [2.05, 4.69) is 10.1 Å². The van der Waals surface area contributed by atoms with Crippen molar-refractivity contribution in [1.29, 1.82) is 0 Å². The number of alkyl halides is 3. The van der Waals surface area contributed by atoms with Crippen LogP contribution < -0.4 is 10.1 Å². The van der Waals surface area contributed by atoms with E-state index in [1.807, 2.05) is 0 Å². The topological polar surface area (TPSA) is 58.6 Å². The van der Waals surface area contributed by atoms with Crippen LogP contribution in [-0.2, 0) is 11.3 Å². The van der Waals surface area contributed by atoms with Crippen molar-refractivity contribution in [2.75, 3.05) is 12.4 Å². The van der Waals surface area contributed by atoms with Crippen LogP contribution in [0.25, 0.3) is 0 Å². The Hall–Kier alpha value is -2.87. The smallest absolute Gasteiger partial charge is 0.406 e. The summed E-state index contributed by atoms with van der Waals surface area (Å²) in [4.78, 5) is 25.5. The van der Waals surface area contributed by atoms with Gasteiger partial charge in [-0.05, 0) is 62.9 Å². The number of rotatable bonds is 7. The molecular weight excluding hydrogens is 373 g/mol. The molecule has 0 aliphatic heterocycles. The number of ether oxygens (including phenoxy) is 1. The highest BCUT2D eigenvalue weighted by Gasteiger charge is 2.31. The van der Waals surface area contributed by atoms with Gasteiger partial charge in [-0.1, -0.05) is 12.1 Å². The predicted molar refractivity (Wildman–Crippen MR) is 99.1 cm³/mol. The number of nitrogens with zero attached hydrogens (tertiary/aromatic N) is 1. The first-order valence-corrected chi connectivity index (χ1v) is 8.52. The summed E-state index contributed by atoms with van der Waals surface area (Å²) in [6.07, 6.45) is -4.73. The minimum atomic E-state index is -4.73. The molecule has 0 saturated carbocycles. The van der Waals surface area contributed by atoms with Crippen LogP contribution in [-0.4, -0.2) is 36.0 Å². The van der Waals surface area contributed by atoms with Gasteiger partial charge in [0.25, 0.3) is 0 Å². The van der Waals surface area contributed by atoms with Gasteiger partial charge in [-0.15, -0.1) is 13.2 Å². The summed E-state index contributed by atoms with van der Waals surface area (Å²) in [5.41, 5.74) is 1.87. The molecule has 1 amide bonds. The molecule has 1 N–H and O–H groups in total. The molecule has 28 heavy (non-hydrogen) atoms. The number of hydrogen-bond acceptors (Lipinski definition) is 4. The molecule has 0 radical (unpaired) electrons. The number of hydrogen-bond donors (Lipinski definition) is 1. The number of benzene rings is 2. The summed E-state index contributed by atoms with van der Waals surface area (Å²) < 4.78 is 40.4. The third-order valence-corrected chi connectivity index (χ3v) is 4.19. The van der Waals surface area contributed by atoms with Gasteiger partial charge in [0.1, 0.15) is 5.75 Å². The summed E-state index contributed by atoms with van der Waals surface area (Å²) in [6.45, 7) is 3.55. The van der Waals surface area contributed by atoms with Gasteiger partial charge in [0, 0.05) is 17.8 Å². The van der Waals surface area contributed by atoms with E-state index in [1.54, 1.807) is 43.1 Å². The van der Waals surface area contributed by atoms with E-state index in [4.69, 9.17) is 0 Å². The minimum Gasteiger partial charge on any atom is -0.406 e. The summed E-state index contributed by atoms with van der Waals surface area (Å²) in [5.74, 6) is -0.591. The Labute approximate surface area is 161 Å². The Kier molecular flexibility index (Phi) is 6.80. The zero-order valence-electron chi connectivity index (χ0n) is 15.7. The number of Topliss-reactive ketones (excluding diaryl/α,β-unsaturated/α-hetero) is 1. The van der Waals surface area contributed by atoms with Crippen LogP contribution in [0.4, 0.5) is 18.9 Å². The Morgan fingerprint density at radius 2 is 1.64 bits per heavy atom. The molecule has 0 aliphatic rings. The second kappa shape index (κ2) is 8.88. The van der Waals surface area contributed by atoms with E-state index in [1.165, 1.54) is 31.2 Å².